The number of thiol groups is 1. The first-order valence-corrected chi connectivity index (χ1v) is 4.48. The van der Waals surface area contributed by atoms with Crippen molar-refractivity contribution in [2.75, 3.05) is 16.6 Å². The average Bonchev–Trinajstić information content (AvgIpc) is 1.85. The van der Waals surface area contributed by atoms with Crippen LogP contribution in [0, 0.1) is 0 Å². The number of nitrogens with zero attached hydrogens (tertiary/aromatic N) is 2. The van der Waals surface area contributed by atoms with Gasteiger partial charge in [-0.15, -0.1) is 0 Å². The molecule has 11 heavy (non-hydrogen) atoms. The number of nitrogen functional groups attached to an aromatic ring is 2. The van der Waals surface area contributed by atoms with E-state index < -0.39 is 0 Å². The Morgan fingerprint density at radius 3 is 2.73 bits per heavy atom. The smallest absolute Gasteiger partial charge is 0.223 e. The van der Waals surface area contributed by atoms with Crippen LogP contribution in [-0.4, -0.2) is 15.1 Å². The van der Waals surface area contributed by atoms with Crippen molar-refractivity contribution in [3.63, 3.8) is 0 Å². The van der Waals surface area contributed by atoms with Crippen LogP contribution in [0.5, 0.6) is 0 Å². The fourth-order valence-corrected chi connectivity index (χ4v) is 1.49. The van der Waals surface area contributed by atoms with Crippen molar-refractivity contribution in [1.82, 2.24) is 9.97 Å². The van der Waals surface area contributed by atoms with Crippen LogP contribution in [0.25, 0.3) is 0 Å². The monoisotopic (exact) mass is 188 g/mol. The summed E-state index contributed by atoms with van der Waals surface area (Å²) in [5.41, 5.74) is 10.8. The van der Waals surface area contributed by atoms with Gasteiger partial charge < -0.3 is 11.5 Å². The Kier molecular flexibility index (Phi) is 2.84. The maximum Gasteiger partial charge on any atom is 0.223 e. The molecule has 1 rings (SSSR count). The Bertz CT molecular complexity index is 232. The van der Waals surface area contributed by atoms with Crippen LogP contribution in [0.1, 0.15) is 0 Å². The molecule has 0 amide bonds. The van der Waals surface area contributed by atoms with E-state index in [4.69, 9.17) is 11.5 Å². The molecule has 0 saturated carbocycles. The molecule has 60 valence electrons. The molecular weight excluding hydrogens is 180 g/mol. The molecule has 0 saturated heterocycles. The second-order valence-corrected chi connectivity index (χ2v) is 3.50. The molecular formula is C5H8N4S2. The lowest BCUT2D eigenvalue weighted by atomic mass is 10.6. The summed E-state index contributed by atoms with van der Waals surface area (Å²) in [5, 5.41) is 1.40. The third-order valence-electron chi connectivity index (χ3n) is 0.952. The van der Waals surface area contributed by atoms with Crippen molar-refractivity contribution in [1.29, 1.82) is 0 Å². The summed E-state index contributed by atoms with van der Waals surface area (Å²) in [5.74, 6) is 0.594. The molecule has 0 aliphatic rings. The van der Waals surface area contributed by atoms with Gasteiger partial charge in [0.2, 0.25) is 5.95 Å². The zero-order valence-corrected chi connectivity index (χ0v) is 7.40. The predicted octanol–water partition coefficient (Wildman–Crippen LogP) is 0.620. The zero-order chi connectivity index (χ0) is 8.27. The normalized spacial score (nSPS) is 9.91. The number of aromatic nitrogens is 2. The molecule has 1 aromatic heterocycles. The number of hydrogen-bond acceptors (Lipinski definition) is 6. The maximum absolute atomic E-state index is 5.42. The molecule has 0 unspecified atom stereocenters. The average molecular weight is 188 g/mol. The van der Waals surface area contributed by atoms with Crippen LogP contribution in [0.4, 0.5) is 11.8 Å². The predicted molar refractivity (Wildman–Crippen MR) is 50.6 cm³/mol. The molecule has 0 spiro atoms. The highest BCUT2D eigenvalue weighted by atomic mass is 32.2. The fourth-order valence-electron chi connectivity index (χ4n) is 0.601. The van der Waals surface area contributed by atoms with E-state index in [2.05, 4.69) is 22.6 Å². The Morgan fingerprint density at radius 2 is 2.18 bits per heavy atom. The topological polar surface area (TPSA) is 77.8 Å². The van der Waals surface area contributed by atoms with E-state index in [1.807, 2.05) is 0 Å². The van der Waals surface area contributed by atoms with E-state index in [1.54, 1.807) is 6.07 Å². The van der Waals surface area contributed by atoms with Gasteiger partial charge in [-0.2, -0.15) is 17.6 Å². The van der Waals surface area contributed by atoms with Gasteiger partial charge in [0.05, 0.1) is 0 Å². The van der Waals surface area contributed by atoms with Gasteiger partial charge in [-0.1, -0.05) is 11.8 Å². The minimum atomic E-state index is 0.203. The van der Waals surface area contributed by atoms with Gasteiger partial charge >= 0.3 is 0 Å². The van der Waals surface area contributed by atoms with Gasteiger partial charge in [0.25, 0.3) is 0 Å². The molecule has 0 aliphatic carbocycles. The first-order chi connectivity index (χ1) is 5.22. The third-order valence-corrected chi connectivity index (χ3v) is 1.97. The van der Waals surface area contributed by atoms with Crippen molar-refractivity contribution in [2.24, 2.45) is 0 Å². The summed E-state index contributed by atoms with van der Waals surface area (Å²) in [6.45, 7) is 0. The van der Waals surface area contributed by atoms with Gasteiger partial charge in [0.15, 0.2) is 0 Å². The van der Waals surface area contributed by atoms with Crippen LogP contribution in [-0.2, 0) is 0 Å². The van der Waals surface area contributed by atoms with Crippen molar-refractivity contribution in [3.05, 3.63) is 6.07 Å². The number of rotatable bonds is 2. The lowest BCUT2D eigenvalue weighted by molar-refractivity contribution is 1.08. The Hall–Kier alpha value is -0.620. The van der Waals surface area contributed by atoms with E-state index >= 15 is 0 Å². The van der Waals surface area contributed by atoms with E-state index in [9.17, 15) is 0 Å². The van der Waals surface area contributed by atoms with E-state index in [0.29, 0.717) is 10.9 Å². The van der Waals surface area contributed by atoms with Crippen molar-refractivity contribution in [3.8, 4) is 0 Å². The van der Waals surface area contributed by atoms with Gasteiger partial charge in [-0.3, -0.25) is 0 Å². The quantitative estimate of drug-likeness (QED) is 0.274. The van der Waals surface area contributed by atoms with Crippen molar-refractivity contribution < 1.29 is 0 Å². The summed E-state index contributed by atoms with van der Waals surface area (Å²) in [6.07, 6.45) is 0. The van der Waals surface area contributed by atoms with Crippen LogP contribution in [0.2, 0.25) is 0 Å². The van der Waals surface area contributed by atoms with Crippen LogP contribution < -0.4 is 11.5 Å². The largest absolute Gasteiger partial charge is 0.383 e. The highest BCUT2D eigenvalue weighted by Crippen LogP contribution is 2.18. The molecule has 0 atom stereocenters. The van der Waals surface area contributed by atoms with Crippen molar-refractivity contribution in [2.45, 2.75) is 5.03 Å². The number of nitrogens with two attached hydrogens (primary N) is 2. The molecule has 0 aliphatic heterocycles. The Morgan fingerprint density at radius 1 is 1.45 bits per heavy atom. The second-order valence-electron chi connectivity index (χ2n) is 1.76. The Balaban J connectivity index is 2.89. The zero-order valence-electron chi connectivity index (χ0n) is 5.69. The highest BCUT2D eigenvalue weighted by Gasteiger charge is 1.98. The first-order valence-electron chi connectivity index (χ1n) is 2.86. The van der Waals surface area contributed by atoms with Gasteiger partial charge in [0, 0.05) is 11.2 Å². The Labute approximate surface area is 74.2 Å². The summed E-state index contributed by atoms with van der Waals surface area (Å²) < 4.78 is 0. The minimum absolute atomic E-state index is 0.203. The SMILES string of the molecule is Nc1cc(SCS)nc(N)n1. The summed E-state index contributed by atoms with van der Waals surface area (Å²) >= 11 is 5.48. The van der Waals surface area contributed by atoms with E-state index in [0.717, 1.165) is 5.03 Å². The van der Waals surface area contributed by atoms with Crippen molar-refractivity contribution >= 4 is 36.2 Å². The first kappa shape index (κ1) is 8.48. The van der Waals surface area contributed by atoms with Gasteiger partial charge in [-0.05, 0) is 0 Å². The fraction of sp³-hybridized carbons (Fsp3) is 0.200. The third kappa shape index (κ3) is 2.47. The minimum Gasteiger partial charge on any atom is -0.383 e. The number of anilines is 2. The van der Waals surface area contributed by atoms with Crippen LogP contribution >= 0.6 is 24.4 Å². The molecule has 0 aromatic carbocycles. The molecule has 0 radical (unpaired) electrons. The molecule has 0 fully saturated rings. The van der Waals surface area contributed by atoms with Gasteiger partial charge in [0.1, 0.15) is 10.8 Å². The lowest BCUT2D eigenvalue weighted by Crippen LogP contribution is -1.99. The van der Waals surface area contributed by atoms with E-state index in [1.165, 1.54) is 11.8 Å². The van der Waals surface area contributed by atoms with Gasteiger partial charge in [-0.25, -0.2) is 4.98 Å². The number of hydrogen-bond donors (Lipinski definition) is 3. The standard InChI is InChI=1S/C5H8N4S2/c6-3-1-4(11-2-10)9-5(7)8-3/h1,10H,2H2,(H4,6,7,8,9). The second kappa shape index (κ2) is 3.68. The van der Waals surface area contributed by atoms with Crippen LogP contribution in [0.15, 0.2) is 11.1 Å². The molecule has 4 nitrogen and oxygen atoms in total. The summed E-state index contributed by atoms with van der Waals surface area (Å²) in [6, 6.07) is 1.66. The molecule has 6 heteroatoms. The molecule has 1 heterocycles. The summed E-state index contributed by atoms with van der Waals surface area (Å²) in [4.78, 5) is 7.65. The van der Waals surface area contributed by atoms with Crippen LogP contribution in [0.3, 0.4) is 0 Å². The molecule has 4 N–H and O–H groups in total. The summed E-state index contributed by atoms with van der Waals surface area (Å²) in [7, 11) is 0. The number of thioether (sulfide) groups is 1. The highest BCUT2D eigenvalue weighted by molar-refractivity contribution is 8.09. The van der Waals surface area contributed by atoms with E-state index in [-0.39, 0.29) is 5.95 Å². The molecule has 0 bridgehead atoms. The lowest BCUT2D eigenvalue weighted by Gasteiger charge is -1.99. The maximum atomic E-state index is 5.42. The molecule has 1 aromatic rings.